The van der Waals surface area contributed by atoms with Crippen LogP contribution in [0.2, 0.25) is 6.04 Å². The standard InChI is InChI=1S/C22H34Si/c1-6-8-9-13-23(20-15-17(3)14-18(4)16-20)22-12-10-11-21(22)19(5)7-2/h11-12,14-16,19,23H,6-10,13H2,1-5H3. The Hall–Kier alpha value is -1.08. The Morgan fingerprint density at radius 2 is 1.70 bits per heavy atom. The lowest BCUT2D eigenvalue weighted by atomic mass is 10.00. The number of hydrogen-bond donors (Lipinski definition) is 0. The van der Waals surface area contributed by atoms with E-state index in [-0.39, 0.29) is 0 Å². The molecule has 2 unspecified atom stereocenters. The highest BCUT2D eigenvalue weighted by Gasteiger charge is 2.25. The van der Waals surface area contributed by atoms with Crippen LogP contribution in [-0.4, -0.2) is 8.80 Å². The number of rotatable bonds is 8. The molecule has 0 N–H and O–H groups in total. The van der Waals surface area contributed by atoms with Crippen LogP contribution < -0.4 is 5.19 Å². The third-order valence-electron chi connectivity index (χ3n) is 5.27. The van der Waals surface area contributed by atoms with Crippen molar-refractivity contribution in [1.29, 1.82) is 0 Å². The van der Waals surface area contributed by atoms with Crippen LogP contribution >= 0.6 is 0 Å². The van der Waals surface area contributed by atoms with Gasteiger partial charge in [-0.05, 0) is 38.2 Å². The molecule has 126 valence electrons. The highest BCUT2D eigenvalue weighted by molar-refractivity contribution is 6.80. The molecule has 0 radical (unpaired) electrons. The van der Waals surface area contributed by atoms with E-state index in [9.17, 15) is 0 Å². The quantitative estimate of drug-likeness (QED) is 0.420. The molecule has 1 aliphatic rings. The first kappa shape index (κ1) is 18.3. The van der Waals surface area contributed by atoms with Crippen molar-refractivity contribution in [3.63, 3.8) is 0 Å². The van der Waals surface area contributed by atoms with Crippen molar-refractivity contribution >= 4 is 14.0 Å². The fraction of sp³-hybridized carbons (Fsp3) is 0.545. The van der Waals surface area contributed by atoms with Gasteiger partial charge in [-0.1, -0.05) is 97.9 Å². The van der Waals surface area contributed by atoms with E-state index in [0.717, 1.165) is 12.3 Å². The van der Waals surface area contributed by atoms with Crippen LogP contribution in [0.15, 0.2) is 41.1 Å². The Morgan fingerprint density at radius 1 is 1.00 bits per heavy atom. The average Bonchev–Trinajstić information content (AvgIpc) is 2.99. The summed E-state index contributed by atoms with van der Waals surface area (Å²) in [5, 5.41) is 3.43. The molecule has 1 aromatic rings. The van der Waals surface area contributed by atoms with E-state index < -0.39 is 8.80 Å². The first-order valence-electron chi connectivity index (χ1n) is 9.55. The van der Waals surface area contributed by atoms with Gasteiger partial charge in [-0.3, -0.25) is 0 Å². The van der Waals surface area contributed by atoms with Gasteiger partial charge in [-0.15, -0.1) is 0 Å². The summed E-state index contributed by atoms with van der Waals surface area (Å²) in [7, 11) is -1.07. The maximum absolute atomic E-state index is 2.56. The van der Waals surface area contributed by atoms with Gasteiger partial charge in [0, 0.05) is 0 Å². The minimum Gasteiger partial charge on any atom is -0.0811 e. The maximum Gasteiger partial charge on any atom is 0.103 e. The fourth-order valence-electron chi connectivity index (χ4n) is 3.91. The van der Waals surface area contributed by atoms with E-state index in [2.05, 4.69) is 65.0 Å². The number of unbranched alkanes of at least 4 members (excludes halogenated alkanes) is 2. The lowest BCUT2D eigenvalue weighted by molar-refractivity contribution is 0.668. The van der Waals surface area contributed by atoms with E-state index >= 15 is 0 Å². The van der Waals surface area contributed by atoms with Gasteiger partial charge in [0.15, 0.2) is 0 Å². The summed E-state index contributed by atoms with van der Waals surface area (Å²) >= 11 is 0. The average molecular weight is 327 g/mol. The van der Waals surface area contributed by atoms with Gasteiger partial charge in [-0.2, -0.15) is 0 Å². The van der Waals surface area contributed by atoms with Crippen molar-refractivity contribution in [2.75, 3.05) is 0 Å². The second kappa shape index (κ2) is 8.68. The minimum atomic E-state index is -1.07. The van der Waals surface area contributed by atoms with Crippen molar-refractivity contribution in [2.45, 2.75) is 72.8 Å². The molecular weight excluding hydrogens is 292 g/mol. The highest BCUT2D eigenvalue weighted by Crippen LogP contribution is 2.31. The van der Waals surface area contributed by atoms with Crippen molar-refractivity contribution in [1.82, 2.24) is 0 Å². The van der Waals surface area contributed by atoms with Crippen molar-refractivity contribution < 1.29 is 0 Å². The zero-order chi connectivity index (χ0) is 16.8. The molecule has 1 aliphatic carbocycles. The van der Waals surface area contributed by atoms with E-state index in [1.54, 1.807) is 16.0 Å². The summed E-state index contributed by atoms with van der Waals surface area (Å²) in [6.45, 7) is 11.5. The smallest absolute Gasteiger partial charge is 0.0811 e. The molecule has 0 spiro atoms. The van der Waals surface area contributed by atoms with Crippen LogP contribution in [-0.2, 0) is 0 Å². The molecule has 0 nitrogen and oxygen atoms in total. The fourth-order valence-corrected chi connectivity index (χ4v) is 7.76. The summed E-state index contributed by atoms with van der Waals surface area (Å²) in [6.07, 6.45) is 11.6. The largest absolute Gasteiger partial charge is 0.103 e. The van der Waals surface area contributed by atoms with Gasteiger partial charge < -0.3 is 0 Å². The Labute approximate surface area is 145 Å². The number of aryl methyl sites for hydroxylation is 2. The molecule has 0 amide bonds. The molecule has 1 heteroatoms. The number of benzene rings is 1. The molecule has 2 rings (SSSR count). The highest BCUT2D eigenvalue weighted by atomic mass is 28.3. The molecule has 0 bridgehead atoms. The molecule has 23 heavy (non-hydrogen) atoms. The third-order valence-corrected chi connectivity index (χ3v) is 8.71. The van der Waals surface area contributed by atoms with Crippen LogP contribution in [0.3, 0.4) is 0 Å². The first-order valence-corrected chi connectivity index (χ1v) is 11.5. The molecule has 0 saturated heterocycles. The van der Waals surface area contributed by atoms with Gasteiger partial charge in [0.05, 0.1) is 0 Å². The van der Waals surface area contributed by atoms with Gasteiger partial charge in [-0.25, -0.2) is 0 Å². The van der Waals surface area contributed by atoms with Gasteiger partial charge >= 0.3 is 0 Å². The van der Waals surface area contributed by atoms with Gasteiger partial charge in [0.2, 0.25) is 0 Å². The summed E-state index contributed by atoms with van der Waals surface area (Å²) in [4.78, 5) is 0. The second-order valence-corrected chi connectivity index (χ2v) is 10.3. The molecular formula is C22H34Si. The Kier molecular flexibility index (Phi) is 6.89. The van der Waals surface area contributed by atoms with Crippen molar-refractivity contribution in [3.8, 4) is 0 Å². The zero-order valence-electron chi connectivity index (χ0n) is 15.8. The van der Waals surface area contributed by atoms with Crippen LogP contribution in [0.1, 0.15) is 64.0 Å². The molecule has 0 fully saturated rings. The predicted octanol–water partition coefficient (Wildman–Crippen LogP) is 5.77. The van der Waals surface area contributed by atoms with E-state index in [1.807, 2.05) is 0 Å². The summed E-state index contributed by atoms with van der Waals surface area (Å²) < 4.78 is 0. The molecule has 0 saturated carbocycles. The van der Waals surface area contributed by atoms with Gasteiger partial charge in [0.1, 0.15) is 8.80 Å². The summed E-state index contributed by atoms with van der Waals surface area (Å²) in [5.74, 6) is 0.718. The van der Waals surface area contributed by atoms with Crippen molar-refractivity contribution in [3.05, 3.63) is 52.2 Å². The van der Waals surface area contributed by atoms with Crippen molar-refractivity contribution in [2.24, 2.45) is 5.92 Å². The van der Waals surface area contributed by atoms with E-state index in [4.69, 9.17) is 0 Å². The summed E-state index contributed by atoms with van der Waals surface area (Å²) in [5.41, 5.74) is 4.54. The Bertz CT molecular complexity index is 559. The second-order valence-electron chi connectivity index (χ2n) is 7.33. The van der Waals surface area contributed by atoms with Gasteiger partial charge in [0.25, 0.3) is 0 Å². The normalized spacial score (nSPS) is 16.9. The molecule has 0 aromatic heterocycles. The Morgan fingerprint density at radius 3 is 2.30 bits per heavy atom. The molecule has 2 atom stereocenters. The lowest BCUT2D eigenvalue weighted by Gasteiger charge is -2.24. The van der Waals surface area contributed by atoms with Crippen LogP contribution in [0.5, 0.6) is 0 Å². The minimum absolute atomic E-state index is 0.718. The first-order chi connectivity index (χ1) is 11.1. The molecule has 0 aliphatic heterocycles. The van der Waals surface area contributed by atoms with Crippen LogP contribution in [0, 0.1) is 19.8 Å². The number of hydrogen-bond acceptors (Lipinski definition) is 0. The van der Waals surface area contributed by atoms with E-state index in [0.29, 0.717) is 0 Å². The number of allylic oxidation sites excluding steroid dienone is 4. The topological polar surface area (TPSA) is 0 Å². The predicted molar refractivity (Wildman–Crippen MR) is 107 cm³/mol. The molecule has 0 heterocycles. The van der Waals surface area contributed by atoms with E-state index in [1.165, 1.54) is 42.9 Å². The third kappa shape index (κ3) is 4.70. The van der Waals surface area contributed by atoms with Crippen LogP contribution in [0.25, 0.3) is 0 Å². The maximum atomic E-state index is 2.56. The summed E-state index contributed by atoms with van der Waals surface area (Å²) in [6, 6.07) is 8.69. The zero-order valence-corrected chi connectivity index (χ0v) is 16.9. The SMILES string of the molecule is CCCCC[SiH](C1=CCC=C1C(C)CC)c1cc(C)cc(C)c1. The Balaban J connectivity index is 2.32. The molecule has 1 aromatic carbocycles. The monoisotopic (exact) mass is 326 g/mol. The lowest BCUT2D eigenvalue weighted by Crippen LogP contribution is -2.34. The van der Waals surface area contributed by atoms with Crippen LogP contribution in [0.4, 0.5) is 0 Å².